The number of benzene rings is 1. The smallest absolute Gasteiger partial charge is 0.242 e. The van der Waals surface area contributed by atoms with Crippen molar-refractivity contribution in [2.45, 2.75) is 33.0 Å². The summed E-state index contributed by atoms with van der Waals surface area (Å²) in [5, 5.41) is 9.90. The van der Waals surface area contributed by atoms with Gasteiger partial charge in [-0.1, -0.05) is 18.2 Å². The summed E-state index contributed by atoms with van der Waals surface area (Å²) in [4.78, 5) is 12.0. The van der Waals surface area contributed by atoms with Crippen LogP contribution in [0.4, 0.5) is 10.1 Å². The van der Waals surface area contributed by atoms with Crippen molar-refractivity contribution in [3.8, 4) is 0 Å². The molecular formula is C15H19FN4O. The number of nitrogens with one attached hydrogen (secondary N) is 2. The molecule has 112 valence electrons. The number of carbonyl (C=O) groups is 1. The summed E-state index contributed by atoms with van der Waals surface area (Å²) in [5.41, 5.74) is 1.25. The second-order valence-corrected chi connectivity index (χ2v) is 4.76. The van der Waals surface area contributed by atoms with Gasteiger partial charge in [0.1, 0.15) is 11.9 Å². The van der Waals surface area contributed by atoms with Crippen molar-refractivity contribution in [1.29, 1.82) is 0 Å². The number of hydrogen-bond donors (Lipinski definition) is 2. The highest BCUT2D eigenvalue weighted by Crippen LogP contribution is 2.08. The van der Waals surface area contributed by atoms with Crippen LogP contribution in [0.3, 0.4) is 0 Å². The molecule has 0 aliphatic heterocycles. The molecule has 1 aromatic carbocycles. The van der Waals surface area contributed by atoms with Crippen molar-refractivity contribution in [2.75, 3.05) is 5.32 Å². The third kappa shape index (κ3) is 4.05. The Kier molecular flexibility index (Phi) is 4.92. The van der Waals surface area contributed by atoms with Gasteiger partial charge in [-0.15, -0.1) is 0 Å². The van der Waals surface area contributed by atoms with Crippen LogP contribution in [0, 0.1) is 5.82 Å². The Bertz CT molecular complexity index is 611. The molecule has 6 heteroatoms. The first kappa shape index (κ1) is 15.0. The lowest BCUT2D eigenvalue weighted by Crippen LogP contribution is -2.37. The van der Waals surface area contributed by atoms with Crippen LogP contribution in [0.2, 0.25) is 0 Å². The molecule has 0 saturated carbocycles. The van der Waals surface area contributed by atoms with E-state index in [4.69, 9.17) is 0 Å². The normalized spacial score (nSPS) is 12.0. The fourth-order valence-corrected chi connectivity index (χ4v) is 1.90. The summed E-state index contributed by atoms with van der Waals surface area (Å²) in [6.45, 7) is 4.68. The van der Waals surface area contributed by atoms with Crippen LogP contribution < -0.4 is 10.6 Å². The lowest BCUT2D eigenvalue weighted by molar-refractivity contribution is -0.121. The van der Waals surface area contributed by atoms with Crippen molar-refractivity contribution in [2.24, 2.45) is 0 Å². The molecule has 1 atom stereocenters. The Morgan fingerprint density at radius 2 is 2.19 bits per heavy atom. The number of nitrogens with zero attached hydrogens (tertiary/aromatic N) is 2. The average molecular weight is 290 g/mol. The largest absolute Gasteiger partial charge is 0.371 e. The van der Waals surface area contributed by atoms with Gasteiger partial charge in [0.25, 0.3) is 0 Å². The van der Waals surface area contributed by atoms with Gasteiger partial charge in [0.2, 0.25) is 5.91 Å². The van der Waals surface area contributed by atoms with Crippen LogP contribution in [0.25, 0.3) is 0 Å². The molecule has 1 aromatic heterocycles. The van der Waals surface area contributed by atoms with Crippen LogP contribution in [-0.2, 0) is 17.9 Å². The second kappa shape index (κ2) is 6.88. The number of carbonyl (C=O) groups excluding carboxylic acids is 1. The molecule has 0 saturated heterocycles. The Labute approximate surface area is 123 Å². The monoisotopic (exact) mass is 290 g/mol. The van der Waals surface area contributed by atoms with Crippen molar-refractivity contribution in [3.63, 3.8) is 0 Å². The van der Waals surface area contributed by atoms with Crippen molar-refractivity contribution < 1.29 is 9.18 Å². The first-order valence-corrected chi connectivity index (χ1v) is 6.90. The van der Waals surface area contributed by atoms with Gasteiger partial charge in [0.15, 0.2) is 0 Å². The molecule has 5 nitrogen and oxygen atoms in total. The molecule has 21 heavy (non-hydrogen) atoms. The van der Waals surface area contributed by atoms with E-state index in [2.05, 4.69) is 15.7 Å². The third-order valence-electron chi connectivity index (χ3n) is 3.14. The van der Waals surface area contributed by atoms with E-state index in [0.29, 0.717) is 5.56 Å². The van der Waals surface area contributed by atoms with Crippen molar-refractivity contribution in [3.05, 3.63) is 48.0 Å². The fourth-order valence-electron chi connectivity index (χ4n) is 1.90. The van der Waals surface area contributed by atoms with Gasteiger partial charge in [-0.25, -0.2) is 4.39 Å². The summed E-state index contributed by atoms with van der Waals surface area (Å²) in [7, 11) is 0. The molecule has 0 bridgehead atoms. The number of aryl methyl sites for hydroxylation is 1. The van der Waals surface area contributed by atoms with E-state index in [0.717, 1.165) is 12.2 Å². The summed E-state index contributed by atoms with van der Waals surface area (Å²) < 4.78 is 15.2. The van der Waals surface area contributed by atoms with Gasteiger partial charge in [-0.05, 0) is 19.9 Å². The number of anilines is 1. The van der Waals surface area contributed by atoms with E-state index in [9.17, 15) is 9.18 Å². The Morgan fingerprint density at radius 1 is 1.43 bits per heavy atom. The number of amides is 1. The molecule has 0 unspecified atom stereocenters. The highest BCUT2D eigenvalue weighted by Gasteiger charge is 2.13. The van der Waals surface area contributed by atoms with Gasteiger partial charge in [0.05, 0.1) is 11.9 Å². The quantitative estimate of drug-likeness (QED) is 0.857. The number of hydrogen-bond acceptors (Lipinski definition) is 3. The lowest BCUT2D eigenvalue weighted by Gasteiger charge is -2.14. The molecule has 0 spiro atoms. The number of aromatic nitrogens is 2. The molecule has 0 aliphatic carbocycles. The van der Waals surface area contributed by atoms with Crippen LogP contribution in [-0.4, -0.2) is 21.7 Å². The zero-order valence-corrected chi connectivity index (χ0v) is 12.1. The topological polar surface area (TPSA) is 59.0 Å². The number of halogens is 1. The zero-order valence-electron chi connectivity index (χ0n) is 12.1. The van der Waals surface area contributed by atoms with E-state index < -0.39 is 6.04 Å². The van der Waals surface area contributed by atoms with Gasteiger partial charge in [-0.3, -0.25) is 9.48 Å². The summed E-state index contributed by atoms with van der Waals surface area (Å²) in [6, 6.07) is 5.97. The maximum absolute atomic E-state index is 13.5. The summed E-state index contributed by atoms with van der Waals surface area (Å²) in [6.07, 6.45) is 3.50. The molecule has 2 rings (SSSR count). The van der Waals surface area contributed by atoms with Gasteiger partial charge in [-0.2, -0.15) is 5.10 Å². The summed E-state index contributed by atoms with van der Waals surface area (Å²) >= 11 is 0. The molecule has 0 aliphatic rings. The SMILES string of the molecule is CCn1cc(N[C@@H](C)C(=O)NCc2ccccc2F)cn1. The van der Waals surface area contributed by atoms with Crippen LogP contribution in [0.15, 0.2) is 36.7 Å². The molecule has 1 amide bonds. The number of rotatable bonds is 6. The van der Waals surface area contributed by atoms with E-state index in [1.54, 1.807) is 36.0 Å². The molecule has 2 aromatic rings. The Balaban J connectivity index is 1.86. The molecule has 1 heterocycles. The maximum atomic E-state index is 13.5. The minimum Gasteiger partial charge on any atom is -0.371 e. The maximum Gasteiger partial charge on any atom is 0.242 e. The predicted octanol–water partition coefficient (Wildman–Crippen LogP) is 2.16. The van der Waals surface area contributed by atoms with Gasteiger partial charge < -0.3 is 10.6 Å². The fraction of sp³-hybridized carbons (Fsp3) is 0.333. The van der Waals surface area contributed by atoms with Crippen molar-refractivity contribution in [1.82, 2.24) is 15.1 Å². The van der Waals surface area contributed by atoms with Crippen LogP contribution >= 0.6 is 0 Å². The lowest BCUT2D eigenvalue weighted by atomic mass is 10.2. The minimum atomic E-state index is -0.425. The minimum absolute atomic E-state index is 0.172. The van der Waals surface area contributed by atoms with Crippen LogP contribution in [0.1, 0.15) is 19.4 Å². The first-order valence-electron chi connectivity index (χ1n) is 6.90. The van der Waals surface area contributed by atoms with E-state index in [-0.39, 0.29) is 18.3 Å². The molecular weight excluding hydrogens is 271 g/mol. The first-order chi connectivity index (χ1) is 10.1. The Morgan fingerprint density at radius 3 is 2.86 bits per heavy atom. The van der Waals surface area contributed by atoms with Crippen LogP contribution in [0.5, 0.6) is 0 Å². The molecule has 2 N–H and O–H groups in total. The Hall–Kier alpha value is -2.37. The van der Waals surface area contributed by atoms with Gasteiger partial charge >= 0.3 is 0 Å². The van der Waals surface area contributed by atoms with Gasteiger partial charge in [0, 0.05) is 24.8 Å². The second-order valence-electron chi connectivity index (χ2n) is 4.76. The van der Waals surface area contributed by atoms with E-state index in [1.807, 2.05) is 13.1 Å². The summed E-state index contributed by atoms with van der Waals surface area (Å²) in [5.74, 6) is -0.509. The highest BCUT2D eigenvalue weighted by atomic mass is 19.1. The average Bonchev–Trinajstić information content (AvgIpc) is 2.93. The molecule has 0 fully saturated rings. The highest BCUT2D eigenvalue weighted by molar-refractivity contribution is 5.84. The van der Waals surface area contributed by atoms with Crippen molar-refractivity contribution >= 4 is 11.6 Å². The third-order valence-corrected chi connectivity index (χ3v) is 3.14. The van der Waals surface area contributed by atoms with E-state index >= 15 is 0 Å². The zero-order chi connectivity index (χ0) is 15.2. The molecule has 0 radical (unpaired) electrons. The standard InChI is InChI=1S/C15H19FN4O/c1-3-20-10-13(9-18-20)19-11(2)15(21)17-8-12-6-4-5-7-14(12)16/h4-7,9-11,19H,3,8H2,1-2H3,(H,17,21)/t11-/m0/s1. The predicted molar refractivity (Wildman–Crippen MR) is 79.2 cm³/mol. The van der Waals surface area contributed by atoms with E-state index in [1.165, 1.54) is 6.07 Å².